The lowest BCUT2D eigenvalue weighted by atomic mass is 9.86. The minimum Gasteiger partial charge on any atom is -0.355 e. The van der Waals surface area contributed by atoms with Crippen molar-refractivity contribution in [3.8, 4) is 0 Å². The van der Waals surface area contributed by atoms with Crippen LogP contribution in [-0.2, 0) is 16.1 Å². The molecule has 0 aliphatic carbocycles. The molecular formula is C22H37BrO2. The Morgan fingerprint density at radius 3 is 2.16 bits per heavy atom. The Labute approximate surface area is 163 Å². The monoisotopic (exact) mass is 412 g/mol. The van der Waals surface area contributed by atoms with Crippen molar-refractivity contribution < 1.29 is 9.47 Å². The topological polar surface area (TPSA) is 18.5 Å². The summed E-state index contributed by atoms with van der Waals surface area (Å²) in [5, 5.41) is 0. The third-order valence-corrected chi connectivity index (χ3v) is 4.97. The Morgan fingerprint density at radius 1 is 0.840 bits per heavy atom. The highest BCUT2D eigenvalue weighted by Gasteiger charge is 2.13. The van der Waals surface area contributed by atoms with E-state index in [4.69, 9.17) is 9.47 Å². The Hall–Kier alpha value is -0.380. The van der Waals surface area contributed by atoms with Crippen LogP contribution in [0.3, 0.4) is 0 Å². The zero-order valence-electron chi connectivity index (χ0n) is 16.5. The second-order valence-electron chi connectivity index (χ2n) is 7.81. The molecule has 0 aliphatic rings. The fourth-order valence-corrected chi connectivity index (χ4v) is 4.26. The second-order valence-corrected chi connectivity index (χ2v) is 9.37. The van der Waals surface area contributed by atoms with E-state index in [1.54, 1.807) is 0 Å². The number of hydrogen-bond acceptors (Lipinski definition) is 2. The van der Waals surface area contributed by atoms with Crippen LogP contribution in [0.5, 0.6) is 0 Å². The summed E-state index contributed by atoms with van der Waals surface area (Å²) in [6, 6.07) is 10.2. The van der Waals surface area contributed by atoms with Crippen LogP contribution in [-0.4, -0.2) is 18.2 Å². The van der Waals surface area contributed by atoms with Crippen LogP contribution in [0.4, 0.5) is 0 Å². The maximum Gasteiger partial charge on any atom is 0.147 e. The number of benzene rings is 1. The van der Waals surface area contributed by atoms with E-state index in [0.717, 1.165) is 30.8 Å². The normalized spacial score (nSPS) is 16.4. The van der Waals surface area contributed by atoms with E-state index < -0.39 is 0 Å². The van der Waals surface area contributed by atoms with Crippen molar-refractivity contribution in [1.29, 1.82) is 0 Å². The number of hydrogen-bond donors (Lipinski definition) is 0. The van der Waals surface area contributed by atoms with Gasteiger partial charge in [-0.1, -0.05) is 74.0 Å². The lowest BCUT2D eigenvalue weighted by Gasteiger charge is -2.21. The average Bonchev–Trinajstić information content (AvgIpc) is 2.53. The molecule has 144 valence electrons. The standard InChI is InChI=1S/C22H37BrO2/c1-18(13-19(2)14-20(3)15-21(4)23)9-8-12-24-17-25-16-22-10-6-5-7-11-22/h5-7,10-11,18-21H,8-9,12-17H2,1-4H3. The van der Waals surface area contributed by atoms with Gasteiger partial charge in [0.05, 0.1) is 6.61 Å². The van der Waals surface area contributed by atoms with Gasteiger partial charge in [0, 0.05) is 11.4 Å². The van der Waals surface area contributed by atoms with Gasteiger partial charge in [0.15, 0.2) is 0 Å². The van der Waals surface area contributed by atoms with Crippen molar-refractivity contribution in [2.75, 3.05) is 13.4 Å². The summed E-state index contributed by atoms with van der Waals surface area (Å²) >= 11 is 3.66. The van der Waals surface area contributed by atoms with Crippen LogP contribution in [0.15, 0.2) is 30.3 Å². The molecule has 0 spiro atoms. The molecule has 1 aromatic carbocycles. The summed E-state index contributed by atoms with van der Waals surface area (Å²) in [6.45, 7) is 11.2. The van der Waals surface area contributed by atoms with Crippen LogP contribution in [0.25, 0.3) is 0 Å². The number of alkyl halides is 1. The maximum absolute atomic E-state index is 5.59. The first kappa shape index (κ1) is 22.7. The fourth-order valence-electron chi connectivity index (χ4n) is 3.62. The van der Waals surface area contributed by atoms with E-state index in [2.05, 4.69) is 55.8 Å². The quantitative estimate of drug-likeness (QED) is 0.189. The highest BCUT2D eigenvalue weighted by Crippen LogP contribution is 2.25. The van der Waals surface area contributed by atoms with E-state index in [9.17, 15) is 0 Å². The summed E-state index contributed by atoms with van der Waals surface area (Å²) in [5.41, 5.74) is 1.19. The molecule has 0 aromatic heterocycles. The van der Waals surface area contributed by atoms with Gasteiger partial charge in [-0.2, -0.15) is 0 Å². The smallest absolute Gasteiger partial charge is 0.147 e. The van der Waals surface area contributed by atoms with Crippen LogP contribution in [0.2, 0.25) is 0 Å². The van der Waals surface area contributed by atoms with Crippen molar-refractivity contribution in [2.45, 2.75) is 71.2 Å². The zero-order chi connectivity index (χ0) is 18.5. The Balaban J connectivity index is 1.98. The van der Waals surface area contributed by atoms with Gasteiger partial charge in [0.1, 0.15) is 6.79 Å². The molecule has 1 aromatic rings. The van der Waals surface area contributed by atoms with E-state index in [-0.39, 0.29) is 0 Å². The van der Waals surface area contributed by atoms with Gasteiger partial charge >= 0.3 is 0 Å². The largest absolute Gasteiger partial charge is 0.355 e. The molecule has 2 nitrogen and oxygen atoms in total. The fraction of sp³-hybridized carbons (Fsp3) is 0.727. The first-order valence-electron chi connectivity index (χ1n) is 9.80. The molecule has 0 aliphatic heterocycles. The molecule has 0 fully saturated rings. The molecule has 0 saturated carbocycles. The Bertz CT molecular complexity index is 421. The summed E-state index contributed by atoms with van der Waals surface area (Å²) < 4.78 is 11.1. The molecule has 0 amide bonds. The van der Waals surface area contributed by atoms with Crippen LogP contribution < -0.4 is 0 Å². The van der Waals surface area contributed by atoms with Gasteiger partial charge < -0.3 is 9.47 Å². The summed E-state index contributed by atoms with van der Waals surface area (Å²) in [6.07, 6.45) is 6.30. The van der Waals surface area contributed by atoms with E-state index in [1.807, 2.05) is 18.2 Å². The summed E-state index contributed by atoms with van der Waals surface area (Å²) in [5.74, 6) is 2.39. The molecule has 0 bridgehead atoms. The van der Waals surface area contributed by atoms with Gasteiger partial charge in [-0.15, -0.1) is 0 Å². The first-order chi connectivity index (χ1) is 12.0. The third kappa shape index (κ3) is 12.6. The van der Waals surface area contributed by atoms with Crippen molar-refractivity contribution in [3.05, 3.63) is 35.9 Å². The van der Waals surface area contributed by atoms with Crippen LogP contribution in [0, 0.1) is 17.8 Å². The molecule has 3 heteroatoms. The van der Waals surface area contributed by atoms with Gasteiger partial charge in [0.2, 0.25) is 0 Å². The van der Waals surface area contributed by atoms with E-state index in [0.29, 0.717) is 18.2 Å². The van der Waals surface area contributed by atoms with Crippen LogP contribution in [0.1, 0.15) is 65.4 Å². The highest BCUT2D eigenvalue weighted by molar-refractivity contribution is 9.09. The minimum atomic E-state index is 0.391. The van der Waals surface area contributed by atoms with Gasteiger partial charge in [-0.25, -0.2) is 0 Å². The van der Waals surface area contributed by atoms with Crippen molar-refractivity contribution in [3.63, 3.8) is 0 Å². The molecule has 25 heavy (non-hydrogen) atoms. The summed E-state index contributed by atoms with van der Waals surface area (Å²) in [7, 11) is 0. The van der Waals surface area contributed by atoms with E-state index >= 15 is 0 Å². The lowest BCUT2D eigenvalue weighted by molar-refractivity contribution is -0.0628. The SMILES string of the molecule is CC(Br)CC(C)CC(C)CC(C)CCCOCOCc1ccccc1. The summed E-state index contributed by atoms with van der Waals surface area (Å²) in [4.78, 5) is 0.633. The number of halogens is 1. The van der Waals surface area contributed by atoms with Crippen LogP contribution >= 0.6 is 15.9 Å². The Kier molecular flexibility index (Phi) is 12.5. The van der Waals surface area contributed by atoms with Crippen molar-refractivity contribution in [1.82, 2.24) is 0 Å². The number of rotatable bonds is 14. The van der Waals surface area contributed by atoms with Crippen molar-refractivity contribution in [2.24, 2.45) is 17.8 Å². The second kappa shape index (κ2) is 13.8. The molecule has 1 rings (SSSR count). The lowest BCUT2D eigenvalue weighted by Crippen LogP contribution is -2.11. The predicted molar refractivity (Wildman–Crippen MR) is 111 cm³/mol. The molecular weight excluding hydrogens is 376 g/mol. The zero-order valence-corrected chi connectivity index (χ0v) is 18.1. The molecule has 0 heterocycles. The van der Waals surface area contributed by atoms with Gasteiger partial charge in [-0.3, -0.25) is 0 Å². The highest BCUT2D eigenvalue weighted by atomic mass is 79.9. The molecule has 0 radical (unpaired) electrons. The minimum absolute atomic E-state index is 0.391. The molecule has 4 unspecified atom stereocenters. The number of ether oxygens (including phenoxy) is 2. The predicted octanol–water partition coefficient (Wildman–Crippen LogP) is 6.82. The average molecular weight is 413 g/mol. The third-order valence-electron chi connectivity index (χ3n) is 4.60. The molecule has 4 atom stereocenters. The van der Waals surface area contributed by atoms with Gasteiger partial charge in [-0.05, 0) is 55.4 Å². The Morgan fingerprint density at radius 2 is 1.48 bits per heavy atom. The maximum atomic E-state index is 5.59. The molecule has 0 saturated heterocycles. The van der Waals surface area contributed by atoms with Gasteiger partial charge in [0.25, 0.3) is 0 Å². The molecule has 0 N–H and O–H groups in total. The van der Waals surface area contributed by atoms with Crippen molar-refractivity contribution >= 4 is 15.9 Å². The van der Waals surface area contributed by atoms with E-state index in [1.165, 1.54) is 31.2 Å². The first-order valence-corrected chi connectivity index (χ1v) is 10.7.